The molecule has 252 valence electrons. The van der Waals surface area contributed by atoms with Gasteiger partial charge in [-0.3, -0.25) is 25.0 Å². The molecule has 10 nitrogen and oxygen atoms in total. The third-order valence-electron chi connectivity index (χ3n) is 10.5. The van der Waals surface area contributed by atoms with E-state index in [0.29, 0.717) is 41.3 Å². The highest BCUT2D eigenvalue weighted by Crippen LogP contribution is 2.60. The average Bonchev–Trinajstić information content (AvgIpc) is 3.06. The van der Waals surface area contributed by atoms with E-state index in [4.69, 9.17) is 9.47 Å². The van der Waals surface area contributed by atoms with E-state index in [-0.39, 0.29) is 23.3 Å². The Balaban J connectivity index is 1.15. The van der Waals surface area contributed by atoms with E-state index in [2.05, 4.69) is 24.0 Å². The summed E-state index contributed by atoms with van der Waals surface area (Å²) in [6, 6.07) is 16.5. The molecule has 1 N–H and O–H groups in total. The van der Waals surface area contributed by atoms with Crippen LogP contribution < -0.4 is 19.7 Å². The Hall–Kier alpha value is -5.25. The van der Waals surface area contributed by atoms with Gasteiger partial charge in [0.2, 0.25) is 0 Å². The van der Waals surface area contributed by atoms with Gasteiger partial charge in [0.15, 0.2) is 11.5 Å². The molecule has 8 rings (SSSR count). The number of urea groups is 1. The van der Waals surface area contributed by atoms with E-state index in [1.54, 1.807) is 30.3 Å². The molecule has 3 aromatic rings. The third kappa shape index (κ3) is 6.23. The van der Waals surface area contributed by atoms with Crippen molar-refractivity contribution in [2.75, 3.05) is 11.5 Å². The van der Waals surface area contributed by atoms with Crippen molar-refractivity contribution < 1.29 is 28.8 Å². The van der Waals surface area contributed by atoms with Crippen molar-refractivity contribution >= 4 is 35.3 Å². The summed E-state index contributed by atoms with van der Waals surface area (Å²) >= 11 is 0. The number of nitrogens with one attached hydrogen (secondary N) is 1. The highest BCUT2D eigenvalue weighted by atomic mass is 16.6. The van der Waals surface area contributed by atoms with Gasteiger partial charge in [-0.1, -0.05) is 18.2 Å². The summed E-state index contributed by atoms with van der Waals surface area (Å²) in [7, 11) is 0. The number of imide groups is 2. The molecule has 0 unspecified atom stereocenters. The predicted octanol–water partition coefficient (Wildman–Crippen LogP) is 7.44. The smallest absolute Gasteiger partial charge is 0.335 e. The number of barbiturate groups is 1. The molecular weight excluding hydrogens is 622 g/mol. The van der Waals surface area contributed by atoms with Crippen LogP contribution in [0.2, 0.25) is 0 Å². The van der Waals surface area contributed by atoms with Crippen LogP contribution in [0.4, 0.5) is 16.2 Å². The van der Waals surface area contributed by atoms with Crippen LogP contribution in [0.3, 0.4) is 0 Å². The number of non-ortho nitro benzene ring substituents is 1. The van der Waals surface area contributed by atoms with Crippen molar-refractivity contribution in [2.24, 2.45) is 17.8 Å². The predicted molar refractivity (Wildman–Crippen MR) is 184 cm³/mol. The molecule has 0 radical (unpaired) electrons. The molecule has 4 aliphatic carbocycles. The van der Waals surface area contributed by atoms with Gasteiger partial charge in [0, 0.05) is 17.7 Å². The van der Waals surface area contributed by atoms with Crippen LogP contribution in [0, 0.1) is 27.9 Å². The molecule has 0 aromatic heterocycles. The summed E-state index contributed by atoms with van der Waals surface area (Å²) in [5.41, 5.74) is 3.61. The molecule has 5 fully saturated rings. The number of rotatable bonds is 11. The van der Waals surface area contributed by atoms with E-state index in [0.717, 1.165) is 28.2 Å². The maximum absolute atomic E-state index is 13.8. The van der Waals surface area contributed by atoms with Gasteiger partial charge >= 0.3 is 6.03 Å². The lowest BCUT2D eigenvalue weighted by Gasteiger charge is -2.57. The van der Waals surface area contributed by atoms with Crippen LogP contribution in [-0.4, -0.2) is 29.4 Å². The fourth-order valence-corrected chi connectivity index (χ4v) is 8.86. The van der Waals surface area contributed by atoms with Gasteiger partial charge in [-0.2, -0.15) is 0 Å². The molecule has 4 bridgehead atoms. The number of carbonyl (C=O) groups excluding carboxylic acids is 3. The lowest BCUT2D eigenvalue weighted by Crippen LogP contribution is -2.54. The number of nitrogens with zero attached hydrogens (tertiary/aromatic N) is 2. The van der Waals surface area contributed by atoms with Gasteiger partial charge in [0.25, 0.3) is 17.5 Å². The second-order valence-electron chi connectivity index (χ2n) is 13.8. The zero-order valence-electron chi connectivity index (χ0n) is 27.5. The Bertz CT molecular complexity index is 1830. The van der Waals surface area contributed by atoms with Crippen LogP contribution in [0.15, 0.2) is 78.9 Å². The van der Waals surface area contributed by atoms with E-state index in [1.807, 2.05) is 19.1 Å². The zero-order chi connectivity index (χ0) is 34.3. The number of amides is 4. The molecule has 49 heavy (non-hydrogen) atoms. The Morgan fingerprint density at radius 3 is 2.20 bits per heavy atom. The lowest BCUT2D eigenvalue weighted by molar-refractivity contribution is -0.384. The van der Waals surface area contributed by atoms with Crippen molar-refractivity contribution in [3.63, 3.8) is 0 Å². The highest BCUT2D eigenvalue weighted by molar-refractivity contribution is 6.39. The molecule has 0 atom stereocenters. The second kappa shape index (κ2) is 13.0. The van der Waals surface area contributed by atoms with Gasteiger partial charge in [-0.25, -0.2) is 9.69 Å². The van der Waals surface area contributed by atoms with E-state index < -0.39 is 22.8 Å². The molecule has 0 spiro atoms. The first-order valence-electron chi connectivity index (χ1n) is 16.9. The van der Waals surface area contributed by atoms with Gasteiger partial charge in [0.05, 0.1) is 17.2 Å². The summed E-state index contributed by atoms with van der Waals surface area (Å²) in [4.78, 5) is 51.5. The number of benzene rings is 3. The fourth-order valence-electron chi connectivity index (χ4n) is 8.86. The first-order valence-corrected chi connectivity index (χ1v) is 16.9. The molecule has 5 aliphatic rings. The largest absolute Gasteiger partial charge is 0.490 e. The molecule has 3 aromatic carbocycles. The summed E-state index contributed by atoms with van der Waals surface area (Å²) in [5.74, 6) is 1.75. The van der Waals surface area contributed by atoms with E-state index in [9.17, 15) is 24.5 Å². The number of anilines is 1. The first kappa shape index (κ1) is 32.3. The number of carbonyl (C=O) groups is 3. The van der Waals surface area contributed by atoms with Crippen LogP contribution in [0.1, 0.15) is 67.7 Å². The Morgan fingerprint density at radius 2 is 1.61 bits per heavy atom. The van der Waals surface area contributed by atoms with Crippen molar-refractivity contribution in [1.29, 1.82) is 0 Å². The highest BCUT2D eigenvalue weighted by Gasteiger charge is 2.51. The minimum Gasteiger partial charge on any atom is -0.490 e. The number of nitro groups is 1. The number of allylic oxidation sites excluding steroid dienone is 1. The monoisotopic (exact) mass is 661 g/mol. The lowest BCUT2D eigenvalue weighted by atomic mass is 9.48. The molecule has 1 saturated heterocycles. The Kier molecular flexibility index (Phi) is 8.56. The molecule has 1 aliphatic heterocycles. The van der Waals surface area contributed by atoms with E-state index in [1.165, 1.54) is 62.3 Å². The molecule has 4 amide bonds. The topological polar surface area (TPSA) is 128 Å². The van der Waals surface area contributed by atoms with Crippen molar-refractivity contribution in [1.82, 2.24) is 5.32 Å². The Morgan fingerprint density at radius 1 is 0.959 bits per heavy atom. The maximum atomic E-state index is 13.8. The SMILES string of the molecule is C=CCc1cc(/C=C2\C(=O)NC(=O)N(c3ccc(C45CC6CC(CC(C6)C4)C5)cc3)C2=O)cc(OCC)c1OCc1ccc([N+](=O)[O-])cc1. The first-order chi connectivity index (χ1) is 23.7. The van der Waals surface area contributed by atoms with Crippen LogP contribution in [0.25, 0.3) is 6.08 Å². The molecular formula is C39H39N3O7. The standard InChI is InChI=1S/C39H39N3O7/c1-3-5-29-17-25(19-34(48-4-2)35(29)49-23-24-6-10-32(11-7-24)42(46)47)18-33-36(43)40-38(45)41(37(33)44)31-12-8-30(9-13-31)39-20-26-14-27(21-39)16-28(15-26)22-39/h3,6-13,17-19,26-28H,1,4-5,14-16,20-23H2,2H3,(H,40,43,45)/b33-18+. The summed E-state index contributed by atoms with van der Waals surface area (Å²) in [5, 5.41) is 13.4. The molecule has 1 heterocycles. The minimum atomic E-state index is -0.785. The van der Waals surface area contributed by atoms with Crippen LogP contribution in [0.5, 0.6) is 11.5 Å². The number of hydrogen-bond donors (Lipinski definition) is 1. The summed E-state index contributed by atoms with van der Waals surface area (Å²) < 4.78 is 12.1. The second-order valence-corrected chi connectivity index (χ2v) is 13.8. The van der Waals surface area contributed by atoms with Crippen molar-refractivity contribution in [2.45, 2.75) is 63.9 Å². The third-order valence-corrected chi connectivity index (χ3v) is 10.5. The molecule has 10 heteroatoms. The van der Waals surface area contributed by atoms with Gasteiger partial charge in [0.1, 0.15) is 12.2 Å². The number of hydrogen-bond acceptors (Lipinski definition) is 7. The van der Waals surface area contributed by atoms with Gasteiger partial charge < -0.3 is 9.47 Å². The number of ether oxygens (including phenoxy) is 2. The van der Waals surface area contributed by atoms with Gasteiger partial charge in [-0.05, 0) is 134 Å². The summed E-state index contributed by atoms with van der Waals surface area (Å²) in [6.45, 7) is 6.14. The van der Waals surface area contributed by atoms with Crippen molar-refractivity contribution in [3.05, 3.63) is 111 Å². The normalized spacial score (nSPS) is 25.0. The quantitative estimate of drug-likeness (QED) is 0.0744. The fraction of sp³-hybridized carbons (Fsp3) is 0.359. The average molecular weight is 662 g/mol. The van der Waals surface area contributed by atoms with Gasteiger partial charge in [-0.15, -0.1) is 6.58 Å². The molecule has 4 saturated carbocycles. The van der Waals surface area contributed by atoms with Crippen LogP contribution >= 0.6 is 0 Å². The van der Waals surface area contributed by atoms with Crippen LogP contribution in [-0.2, 0) is 28.0 Å². The Labute approximate surface area is 284 Å². The minimum absolute atomic E-state index is 0.0143. The summed E-state index contributed by atoms with van der Waals surface area (Å²) in [6.07, 6.45) is 11.2. The van der Waals surface area contributed by atoms with E-state index >= 15 is 0 Å². The maximum Gasteiger partial charge on any atom is 0.335 e. The van der Waals surface area contributed by atoms with Crippen molar-refractivity contribution in [3.8, 4) is 11.5 Å². The zero-order valence-corrected chi connectivity index (χ0v) is 27.5. The number of nitro benzene ring substituents is 1.